The molecule has 4 N–H and O–H groups in total. The van der Waals surface area contributed by atoms with Crippen molar-refractivity contribution in [3.05, 3.63) is 24.0 Å². The van der Waals surface area contributed by atoms with Crippen LogP contribution in [0.3, 0.4) is 0 Å². The van der Waals surface area contributed by atoms with Gasteiger partial charge in [0.2, 0.25) is 5.91 Å². The number of carbonyl (C=O) groups excluding carboxylic acids is 1. The molecule has 1 aromatic carbocycles. The van der Waals surface area contributed by atoms with Gasteiger partial charge in [-0.3, -0.25) is 9.69 Å². The van der Waals surface area contributed by atoms with Crippen molar-refractivity contribution >= 4 is 17.3 Å². The molecule has 6 heteroatoms. The maximum atomic E-state index is 12.9. The highest BCUT2D eigenvalue weighted by molar-refractivity contribution is 5.97. The number of nitrogens with one attached hydrogen (secondary N) is 1. The van der Waals surface area contributed by atoms with Gasteiger partial charge in [-0.05, 0) is 38.0 Å². The quantitative estimate of drug-likeness (QED) is 0.727. The predicted molar refractivity (Wildman–Crippen MR) is 75.7 cm³/mol. The Morgan fingerprint density at radius 2 is 2.15 bits per heavy atom. The average molecular weight is 281 g/mol. The minimum absolute atomic E-state index is 0.181. The lowest BCUT2D eigenvalue weighted by atomic mass is 10.1. The number of aliphatic hydroxyl groups is 1. The summed E-state index contributed by atoms with van der Waals surface area (Å²) in [6.07, 6.45) is 1.08. The molecule has 2 rings (SSSR count). The summed E-state index contributed by atoms with van der Waals surface area (Å²) in [6.45, 7) is 3.19. The van der Waals surface area contributed by atoms with Gasteiger partial charge in [0.25, 0.3) is 0 Å². The Morgan fingerprint density at radius 1 is 1.50 bits per heavy atom. The Hall–Kier alpha value is -1.66. The van der Waals surface area contributed by atoms with Crippen LogP contribution in [0.25, 0.3) is 0 Å². The van der Waals surface area contributed by atoms with E-state index in [9.17, 15) is 14.3 Å². The molecule has 1 saturated heterocycles. The first kappa shape index (κ1) is 14.7. The van der Waals surface area contributed by atoms with Crippen molar-refractivity contribution in [1.29, 1.82) is 0 Å². The Balaban J connectivity index is 1.97. The molecule has 0 bridgehead atoms. The molecule has 1 amide bonds. The number of nitrogens with zero attached hydrogens (tertiary/aromatic N) is 1. The van der Waals surface area contributed by atoms with Crippen LogP contribution in [0.5, 0.6) is 0 Å². The normalized spacial score (nSPS) is 18.8. The fourth-order valence-electron chi connectivity index (χ4n) is 2.32. The molecular formula is C14H20FN3O2. The van der Waals surface area contributed by atoms with E-state index in [0.717, 1.165) is 0 Å². The second-order valence-electron chi connectivity index (χ2n) is 5.16. The van der Waals surface area contributed by atoms with Crippen LogP contribution in [0.15, 0.2) is 18.2 Å². The summed E-state index contributed by atoms with van der Waals surface area (Å²) >= 11 is 0. The smallest absolute Gasteiger partial charge is 0.241 e. The summed E-state index contributed by atoms with van der Waals surface area (Å²) in [6, 6.07) is 3.58. The number of rotatable bonds is 3. The summed E-state index contributed by atoms with van der Waals surface area (Å²) in [4.78, 5) is 14.2. The fourth-order valence-corrected chi connectivity index (χ4v) is 2.32. The lowest BCUT2D eigenvalue weighted by Gasteiger charge is -2.33. The van der Waals surface area contributed by atoms with Gasteiger partial charge in [0, 0.05) is 13.1 Å². The first-order valence-electron chi connectivity index (χ1n) is 6.75. The van der Waals surface area contributed by atoms with Crippen molar-refractivity contribution in [3.8, 4) is 0 Å². The molecule has 1 unspecified atom stereocenters. The fraction of sp³-hybridized carbons (Fsp3) is 0.500. The molecule has 5 nitrogen and oxygen atoms in total. The van der Waals surface area contributed by atoms with Crippen molar-refractivity contribution in [2.45, 2.75) is 31.9 Å². The summed E-state index contributed by atoms with van der Waals surface area (Å²) in [7, 11) is 0. The number of nitrogen functional groups attached to an aromatic ring is 1. The summed E-state index contributed by atoms with van der Waals surface area (Å²) < 4.78 is 12.9. The second kappa shape index (κ2) is 6.19. The van der Waals surface area contributed by atoms with Gasteiger partial charge in [0.1, 0.15) is 5.82 Å². The van der Waals surface area contributed by atoms with Gasteiger partial charge >= 0.3 is 0 Å². The SMILES string of the molecule is CC(C(=O)Nc1ccc(F)cc1N)N1CCC(O)CC1. The van der Waals surface area contributed by atoms with E-state index in [1.54, 1.807) is 0 Å². The number of piperidine rings is 1. The number of benzene rings is 1. The van der Waals surface area contributed by atoms with Crippen LogP contribution in [-0.4, -0.2) is 41.1 Å². The number of amides is 1. The molecule has 1 atom stereocenters. The van der Waals surface area contributed by atoms with Crippen LogP contribution in [0.1, 0.15) is 19.8 Å². The van der Waals surface area contributed by atoms with Crippen LogP contribution in [0.4, 0.5) is 15.8 Å². The molecule has 110 valence electrons. The van der Waals surface area contributed by atoms with Gasteiger partial charge in [-0.25, -0.2) is 4.39 Å². The average Bonchev–Trinajstić information content (AvgIpc) is 2.42. The molecule has 0 saturated carbocycles. The number of carbonyl (C=O) groups is 1. The monoisotopic (exact) mass is 281 g/mol. The first-order valence-corrected chi connectivity index (χ1v) is 6.75. The predicted octanol–water partition coefficient (Wildman–Crippen LogP) is 1.19. The number of nitrogens with two attached hydrogens (primary N) is 1. The van der Waals surface area contributed by atoms with Gasteiger partial charge in [-0.1, -0.05) is 0 Å². The molecule has 20 heavy (non-hydrogen) atoms. The third-order valence-electron chi connectivity index (χ3n) is 3.70. The molecule has 1 aliphatic rings. The van der Waals surface area contributed by atoms with Crippen molar-refractivity contribution in [1.82, 2.24) is 4.90 Å². The largest absolute Gasteiger partial charge is 0.397 e. The van der Waals surface area contributed by atoms with E-state index in [4.69, 9.17) is 5.73 Å². The lowest BCUT2D eigenvalue weighted by Crippen LogP contribution is -2.47. The second-order valence-corrected chi connectivity index (χ2v) is 5.16. The number of halogens is 1. The van der Waals surface area contributed by atoms with Gasteiger partial charge in [-0.2, -0.15) is 0 Å². The molecule has 1 aliphatic heterocycles. The maximum Gasteiger partial charge on any atom is 0.241 e. The van der Waals surface area contributed by atoms with Crippen LogP contribution < -0.4 is 11.1 Å². The van der Waals surface area contributed by atoms with E-state index in [1.165, 1.54) is 18.2 Å². The van der Waals surface area contributed by atoms with Gasteiger partial charge < -0.3 is 16.2 Å². The molecule has 0 radical (unpaired) electrons. The van der Waals surface area contributed by atoms with E-state index in [-0.39, 0.29) is 23.7 Å². The summed E-state index contributed by atoms with van der Waals surface area (Å²) in [5, 5.41) is 12.2. The van der Waals surface area contributed by atoms with E-state index in [1.807, 2.05) is 11.8 Å². The highest BCUT2D eigenvalue weighted by Gasteiger charge is 2.25. The number of anilines is 2. The summed E-state index contributed by atoms with van der Waals surface area (Å²) in [5.74, 6) is -0.613. The van der Waals surface area contributed by atoms with E-state index >= 15 is 0 Å². The molecule has 1 heterocycles. The van der Waals surface area contributed by atoms with E-state index in [2.05, 4.69) is 5.32 Å². The van der Waals surface area contributed by atoms with Crippen LogP contribution in [0.2, 0.25) is 0 Å². The lowest BCUT2D eigenvalue weighted by molar-refractivity contribution is -0.121. The number of hydrogen-bond acceptors (Lipinski definition) is 4. The third kappa shape index (κ3) is 3.46. The number of hydrogen-bond donors (Lipinski definition) is 3. The molecule has 0 aliphatic carbocycles. The van der Waals surface area contributed by atoms with E-state index in [0.29, 0.717) is 31.6 Å². The topological polar surface area (TPSA) is 78.6 Å². The Kier molecular flexibility index (Phi) is 4.57. The third-order valence-corrected chi connectivity index (χ3v) is 3.70. The minimum atomic E-state index is -0.432. The van der Waals surface area contributed by atoms with Crippen molar-refractivity contribution in [3.63, 3.8) is 0 Å². The van der Waals surface area contributed by atoms with Crippen LogP contribution >= 0.6 is 0 Å². The van der Waals surface area contributed by atoms with Gasteiger partial charge in [0.05, 0.1) is 23.5 Å². The molecule has 1 fully saturated rings. The molecular weight excluding hydrogens is 261 g/mol. The Bertz CT molecular complexity index is 487. The highest BCUT2D eigenvalue weighted by Crippen LogP contribution is 2.20. The first-order chi connectivity index (χ1) is 9.47. The molecule has 0 spiro atoms. The number of likely N-dealkylation sites (tertiary alicyclic amines) is 1. The zero-order valence-electron chi connectivity index (χ0n) is 11.5. The van der Waals surface area contributed by atoms with Crippen molar-refractivity contribution in [2.24, 2.45) is 0 Å². The summed E-state index contributed by atoms with van der Waals surface area (Å²) in [5.41, 5.74) is 6.29. The molecule has 0 aromatic heterocycles. The van der Waals surface area contributed by atoms with E-state index < -0.39 is 5.82 Å². The maximum absolute atomic E-state index is 12.9. The van der Waals surface area contributed by atoms with Crippen molar-refractivity contribution in [2.75, 3.05) is 24.1 Å². The Morgan fingerprint density at radius 3 is 2.75 bits per heavy atom. The van der Waals surface area contributed by atoms with Crippen molar-refractivity contribution < 1.29 is 14.3 Å². The highest BCUT2D eigenvalue weighted by atomic mass is 19.1. The van der Waals surface area contributed by atoms with Crippen LogP contribution in [-0.2, 0) is 4.79 Å². The Labute approximate surface area is 117 Å². The minimum Gasteiger partial charge on any atom is -0.397 e. The zero-order chi connectivity index (χ0) is 14.7. The molecule has 1 aromatic rings. The number of aliphatic hydroxyl groups excluding tert-OH is 1. The standard InChI is InChI=1S/C14H20FN3O2/c1-9(18-6-4-11(19)5-7-18)14(20)17-13-3-2-10(15)8-12(13)16/h2-3,8-9,11,19H,4-7,16H2,1H3,(H,17,20). The van der Waals surface area contributed by atoms with Gasteiger partial charge in [-0.15, -0.1) is 0 Å². The van der Waals surface area contributed by atoms with Crippen LogP contribution in [0, 0.1) is 5.82 Å². The van der Waals surface area contributed by atoms with Gasteiger partial charge in [0.15, 0.2) is 0 Å². The zero-order valence-corrected chi connectivity index (χ0v) is 11.5.